The lowest BCUT2D eigenvalue weighted by atomic mass is 9.79. The number of hydrogen-bond acceptors (Lipinski definition) is 1. The molecule has 152 valence electrons. The molecule has 0 spiro atoms. The second kappa shape index (κ2) is 7.82. The smallest absolute Gasteiger partial charge is 0.114 e. The van der Waals surface area contributed by atoms with Gasteiger partial charge >= 0.3 is 0 Å². The molecule has 0 atom stereocenters. The summed E-state index contributed by atoms with van der Waals surface area (Å²) in [5, 5.41) is 0. The standard InChI is InChI=1S/C27H34N2/c1-17-14-19(3)27-25(15-17)28-26(29(27)6)16-24-18(2)12-13-23(21(24)5)20(4)22-10-8-7-9-11-22/h12-15,22H,4,7-11,16H2,1-3,5-6H3. The minimum absolute atomic E-state index is 0.652. The Balaban J connectivity index is 1.72. The van der Waals surface area contributed by atoms with Crippen molar-refractivity contribution in [3.05, 3.63) is 70.0 Å². The van der Waals surface area contributed by atoms with Gasteiger partial charge in [0.15, 0.2) is 0 Å². The van der Waals surface area contributed by atoms with E-state index in [2.05, 4.69) is 70.2 Å². The maximum absolute atomic E-state index is 5.02. The molecule has 1 heterocycles. The molecule has 2 nitrogen and oxygen atoms in total. The molecule has 0 amide bonds. The van der Waals surface area contributed by atoms with E-state index in [0.29, 0.717) is 5.92 Å². The Hall–Kier alpha value is -2.35. The van der Waals surface area contributed by atoms with E-state index in [1.807, 2.05) is 0 Å². The molecule has 1 aromatic heterocycles. The highest BCUT2D eigenvalue weighted by Crippen LogP contribution is 2.37. The van der Waals surface area contributed by atoms with E-state index >= 15 is 0 Å². The van der Waals surface area contributed by atoms with Gasteiger partial charge in [0, 0.05) is 13.5 Å². The predicted molar refractivity (Wildman–Crippen MR) is 125 cm³/mol. The molecule has 1 saturated carbocycles. The van der Waals surface area contributed by atoms with Crippen molar-refractivity contribution < 1.29 is 0 Å². The Bertz CT molecular complexity index is 1080. The third-order valence-electron chi connectivity index (χ3n) is 7.01. The van der Waals surface area contributed by atoms with Crippen LogP contribution in [0, 0.1) is 33.6 Å². The van der Waals surface area contributed by atoms with E-state index in [-0.39, 0.29) is 0 Å². The summed E-state index contributed by atoms with van der Waals surface area (Å²) in [5.41, 5.74) is 11.8. The number of aryl methyl sites for hydroxylation is 4. The van der Waals surface area contributed by atoms with Gasteiger partial charge < -0.3 is 4.57 Å². The average Bonchev–Trinajstić information content (AvgIpc) is 3.00. The van der Waals surface area contributed by atoms with Crippen molar-refractivity contribution in [2.75, 3.05) is 0 Å². The summed E-state index contributed by atoms with van der Waals surface area (Å²) in [5.74, 6) is 1.79. The van der Waals surface area contributed by atoms with Gasteiger partial charge in [-0.2, -0.15) is 0 Å². The molecule has 2 aromatic carbocycles. The molecule has 0 bridgehead atoms. The topological polar surface area (TPSA) is 17.8 Å². The largest absolute Gasteiger partial charge is 0.331 e. The molecule has 0 N–H and O–H groups in total. The summed E-state index contributed by atoms with van der Waals surface area (Å²) in [6.45, 7) is 13.4. The Morgan fingerprint density at radius 3 is 2.48 bits per heavy atom. The minimum atomic E-state index is 0.652. The Morgan fingerprint density at radius 1 is 1.03 bits per heavy atom. The van der Waals surface area contributed by atoms with E-state index in [4.69, 9.17) is 4.98 Å². The highest BCUT2D eigenvalue weighted by atomic mass is 15.1. The van der Waals surface area contributed by atoms with E-state index < -0.39 is 0 Å². The van der Waals surface area contributed by atoms with Crippen LogP contribution in [0.2, 0.25) is 0 Å². The highest BCUT2D eigenvalue weighted by molar-refractivity contribution is 5.80. The number of nitrogens with zero attached hydrogens (tertiary/aromatic N) is 2. The summed E-state index contributed by atoms with van der Waals surface area (Å²) in [7, 11) is 2.16. The number of aromatic nitrogens is 2. The normalized spacial score (nSPS) is 15.2. The van der Waals surface area contributed by atoms with Crippen LogP contribution in [0.15, 0.2) is 30.8 Å². The number of imidazole rings is 1. The third-order valence-corrected chi connectivity index (χ3v) is 7.01. The Kier molecular flexibility index (Phi) is 5.38. The first-order valence-corrected chi connectivity index (χ1v) is 11.1. The van der Waals surface area contributed by atoms with Gasteiger partial charge in [0.25, 0.3) is 0 Å². The van der Waals surface area contributed by atoms with Crippen LogP contribution in [0.5, 0.6) is 0 Å². The minimum Gasteiger partial charge on any atom is -0.331 e. The van der Waals surface area contributed by atoms with Crippen molar-refractivity contribution in [1.82, 2.24) is 9.55 Å². The summed E-state index contributed by atoms with van der Waals surface area (Å²) >= 11 is 0. The molecule has 0 aliphatic heterocycles. The Labute approximate surface area is 175 Å². The lowest BCUT2D eigenvalue weighted by molar-refractivity contribution is 0.430. The van der Waals surface area contributed by atoms with Crippen molar-refractivity contribution in [2.24, 2.45) is 13.0 Å². The summed E-state index contributed by atoms with van der Waals surface area (Å²) < 4.78 is 2.28. The first kappa shape index (κ1) is 19.9. The zero-order chi connectivity index (χ0) is 20.7. The molecule has 1 fully saturated rings. The number of rotatable bonds is 4. The SMILES string of the molecule is C=C(c1ccc(C)c(Cc2nc3cc(C)cc(C)c3n2C)c1C)C1CCCCC1. The summed E-state index contributed by atoms with van der Waals surface area (Å²) in [6, 6.07) is 9.03. The molecular weight excluding hydrogens is 352 g/mol. The molecule has 0 unspecified atom stereocenters. The first-order chi connectivity index (χ1) is 13.9. The molecule has 0 radical (unpaired) electrons. The van der Waals surface area contributed by atoms with Crippen LogP contribution >= 0.6 is 0 Å². The maximum atomic E-state index is 5.02. The van der Waals surface area contributed by atoms with Crippen LogP contribution in [-0.4, -0.2) is 9.55 Å². The van der Waals surface area contributed by atoms with Crippen molar-refractivity contribution in [1.29, 1.82) is 0 Å². The van der Waals surface area contributed by atoms with Gasteiger partial charge in [-0.3, -0.25) is 0 Å². The zero-order valence-corrected chi connectivity index (χ0v) is 18.7. The van der Waals surface area contributed by atoms with Gasteiger partial charge in [-0.05, 0) is 91.5 Å². The maximum Gasteiger partial charge on any atom is 0.114 e. The van der Waals surface area contributed by atoms with Crippen LogP contribution in [0.4, 0.5) is 0 Å². The number of allylic oxidation sites excluding steroid dienone is 1. The monoisotopic (exact) mass is 386 g/mol. The Morgan fingerprint density at radius 2 is 1.76 bits per heavy atom. The first-order valence-electron chi connectivity index (χ1n) is 11.1. The van der Waals surface area contributed by atoms with Gasteiger partial charge in [-0.15, -0.1) is 0 Å². The molecule has 1 aliphatic carbocycles. The third kappa shape index (κ3) is 3.66. The fourth-order valence-electron chi connectivity index (χ4n) is 5.30. The van der Waals surface area contributed by atoms with E-state index in [1.54, 1.807) is 0 Å². The van der Waals surface area contributed by atoms with Crippen molar-refractivity contribution >= 4 is 16.6 Å². The molecule has 2 heteroatoms. The van der Waals surface area contributed by atoms with Crippen LogP contribution in [0.25, 0.3) is 16.6 Å². The average molecular weight is 387 g/mol. The molecule has 29 heavy (non-hydrogen) atoms. The number of hydrogen-bond donors (Lipinski definition) is 0. The summed E-state index contributed by atoms with van der Waals surface area (Å²) in [6.07, 6.45) is 7.54. The second-order valence-corrected chi connectivity index (χ2v) is 9.11. The van der Waals surface area contributed by atoms with Gasteiger partial charge in [-0.1, -0.05) is 44.0 Å². The molecule has 0 saturated heterocycles. The number of benzene rings is 2. The molecular formula is C27H34N2. The van der Waals surface area contributed by atoms with Gasteiger partial charge in [0.05, 0.1) is 11.0 Å². The predicted octanol–water partition coefficient (Wildman–Crippen LogP) is 6.99. The van der Waals surface area contributed by atoms with Crippen LogP contribution in [0.1, 0.15) is 71.3 Å². The van der Waals surface area contributed by atoms with Gasteiger partial charge in [0.1, 0.15) is 5.82 Å². The van der Waals surface area contributed by atoms with E-state index in [1.165, 1.54) is 76.6 Å². The molecule has 1 aliphatic rings. The number of fused-ring (bicyclic) bond motifs is 1. The van der Waals surface area contributed by atoms with Crippen LogP contribution in [-0.2, 0) is 13.5 Å². The van der Waals surface area contributed by atoms with Gasteiger partial charge in [-0.25, -0.2) is 4.98 Å². The summed E-state index contributed by atoms with van der Waals surface area (Å²) in [4.78, 5) is 5.02. The lowest BCUT2D eigenvalue weighted by Crippen LogP contribution is -2.10. The molecule has 3 aromatic rings. The van der Waals surface area contributed by atoms with E-state index in [9.17, 15) is 0 Å². The van der Waals surface area contributed by atoms with E-state index in [0.717, 1.165) is 17.8 Å². The zero-order valence-electron chi connectivity index (χ0n) is 18.7. The fourth-order valence-corrected chi connectivity index (χ4v) is 5.30. The van der Waals surface area contributed by atoms with Gasteiger partial charge in [0.2, 0.25) is 0 Å². The molecule has 4 rings (SSSR count). The second-order valence-electron chi connectivity index (χ2n) is 9.11. The lowest BCUT2D eigenvalue weighted by Gasteiger charge is -2.26. The van der Waals surface area contributed by atoms with Crippen molar-refractivity contribution in [3.63, 3.8) is 0 Å². The van der Waals surface area contributed by atoms with Crippen LogP contribution in [0.3, 0.4) is 0 Å². The van der Waals surface area contributed by atoms with Crippen LogP contribution < -0.4 is 0 Å². The highest BCUT2D eigenvalue weighted by Gasteiger charge is 2.21. The quantitative estimate of drug-likeness (QED) is 0.472. The van der Waals surface area contributed by atoms with Crippen molar-refractivity contribution in [2.45, 2.75) is 66.2 Å². The fraction of sp³-hybridized carbons (Fsp3) is 0.444. The van der Waals surface area contributed by atoms with Crippen molar-refractivity contribution in [3.8, 4) is 0 Å².